The first-order chi connectivity index (χ1) is 12.5. The lowest BCUT2D eigenvalue weighted by Gasteiger charge is -2.36. The zero-order valence-electron chi connectivity index (χ0n) is 14.1. The molecule has 1 N–H and O–H groups in total. The third-order valence-corrected chi connectivity index (χ3v) is 4.43. The summed E-state index contributed by atoms with van der Waals surface area (Å²) in [6.45, 7) is 2.25. The third kappa shape index (κ3) is 3.99. The van der Waals surface area contributed by atoms with Crippen LogP contribution in [0, 0.1) is 11.6 Å². The number of carbonyl (C=O) groups is 1. The number of piperazine rings is 1. The van der Waals surface area contributed by atoms with Gasteiger partial charge in [0.25, 0.3) is 0 Å². The molecule has 2 aromatic rings. The van der Waals surface area contributed by atoms with Crippen LogP contribution in [0.4, 0.5) is 25.0 Å². The maximum absolute atomic E-state index is 13.7. The lowest BCUT2D eigenvalue weighted by Crippen LogP contribution is -2.50. The van der Waals surface area contributed by atoms with Crippen LogP contribution in [0.5, 0.6) is 5.75 Å². The Bertz CT molecular complexity index is 788. The van der Waals surface area contributed by atoms with Gasteiger partial charge in [-0.15, -0.1) is 0 Å². The molecule has 138 valence electrons. The number of benzene rings is 2. The number of urea groups is 1. The van der Waals surface area contributed by atoms with Crippen molar-refractivity contribution in [1.82, 2.24) is 4.90 Å². The number of anilines is 2. The van der Waals surface area contributed by atoms with Gasteiger partial charge < -0.3 is 19.9 Å². The molecule has 0 aromatic heterocycles. The van der Waals surface area contributed by atoms with Crippen molar-refractivity contribution in [2.24, 2.45) is 0 Å². The molecule has 2 aromatic carbocycles. The van der Waals surface area contributed by atoms with Gasteiger partial charge in [0, 0.05) is 54.7 Å². The van der Waals surface area contributed by atoms with Crippen molar-refractivity contribution in [1.29, 1.82) is 0 Å². The largest absolute Gasteiger partial charge is 0.491 e. The van der Waals surface area contributed by atoms with Crippen molar-refractivity contribution >= 4 is 29.0 Å². The van der Waals surface area contributed by atoms with Gasteiger partial charge in [0.05, 0.1) is 7.11 Å². The minimum Gasteiger partial charge on any atom is -0.491 e. The Balaban J connectivity index is 1.60. The Kier molecular flexibility index (Phi) is 5.46. The molecule has 0 atom stereocenters. The number of amides is 2. The van der Waals surface area contributed by atoms with Gasteiger partial charge in [0.2, 0.25) is 0 Å². The summed E-state index contributed by atoms with van der Waals surface area (Å²) in [5.41, 5.74) is 1.04. The van der Waals surface area contributed by atoms with Crippen LogP contribution in [0.25, 0.3) is 0 Å². The average molecular weight is 382 g/mol. The summed E-state index contributed by atoms with van der Waals surface area (Å²) in [7, 11) is 1.18. The average Bonchev–Trinajstić information content (AvgIpc) is 2.61. The quantitative estimate of drug-likeness (QED) is 0.874. The Labute approximate surface area is 155 Å². The third-order valence-electron chi connectivity index (χ3n) is 4.19. The predicted molar refractivity (Wildman–Crippen MR) is 97.2 cm³/mol. The van der Waals surface area contributed by atoms with Crippen LogP contribution in [-0.2, 0) is 0 Å². The van der Waals surface area contributed by atoms with E-state index in [4.69, 9.17) is 11.6 Å². The van der Waals surface area contributed by atoms with Crippen molar-refractivity contribution in [2.45, 2.75) is 0 Å². The highest BCUT2D eigenvalue weighted by Crippen LogP contribution is 2.26. The van der Waals surface area contributed by atoms with Gasteiger partial charge in [-0.05, 0) is 18.2 Å². The summed E-state index contributed by atoms with van der Waals surface area (Å²) in [6, 6.07) is 9.18. The Hall–Kier alpha value is -2.54. The number of hydrogen-bond donors (Lipinski definition) is 1. The van der Waals surface area contributed by atoms with E-state index in [1.165, 1.54) is 7.11 Å². The summed E-state index contributed by atoms with van der Waals surface area (Å²) < 4.78 is 32.1. The summed E-state index contributed by atoms with van der Waals surface area (Å²) in [4.78, 5) is 16.1. The molecule has 2 amide bonds. The molecule has 0 saturated carbocycles. The zero-order chi connectivity index (χ0) is 18.7. The number of rotatable bonds is 3. The first-order valence-electron chi connectivity index (χ1n) is 8.07. The van der Waals surface area contributed by atoms with Crippen molar-refractivity contribution in [3.8, 4) is 5.75 Å². The number of carbonyl (C=O) groups excluding carboxylic acids is 1. The van der Waals surface area contributed by atoms with E-state index in [-0.39, 0.29) is 5.69 Å². The molecule has 3 rings (SSSR count). The fourth-order valence-electron chi connectivity index (χ4n) is 2.87. The second-order valence-corrected chi connectivity index (χ2v) is 6.29. The van der Waals surface area contributed by atoms with Crippen LogP contribution < -0.4 is 15.0 Å². The lowest BCUT2D eigenvalue weighted by atomic mass is 10.2. The van der Waals surface area contributed by atoms with E-state index in [0.29, 0.717) is 31.2 Å². The fourth-order valence-corrected chi connectivity index (χ4v) is 3.05. The molecule has 0 bridgehead atoms. The van der Waals surface area contributed by atoms with Crippen LogP contribution in [0.3, 0.4) is 0 Å². The highest BCUT2D eigenvalue weighted by atomic mass is 35.5. The molecule has 1 fully saturated rings. The predicted octanol–water partition coefficient (Wildman–Crippen LogP) is 3.98. The van der Waals surface area contributed by atoms with Gasteiger partial charge in [-0.1, -0.05) is 17.7 Å². The molecular formula is C18H18ClF2N3O2. The molecule has 8 heteroatoms. The molecule has 1 saturated heterocycles. The van der Waals surface area contributed by atoms with E-state index >= 15 is 0 Å². The second kappa shape index (κ2) is 7.78. The van der Waals surface area contributed by atoms with Crippen LogP contribution in [-0.4, -0.2) is 44.2 Å². The van der Waals surface area contributed by atoms with Crippen molar-refractivity contribution in [3.05, 3.63) is 53.1 Å². The van der Waals surface area contributed by atoms with Crippen LogP contribution in [0.15, 0.2) is 36.4 Å². The summed E-state index contributed by atoms with van der Waals surface area (Å²) in [5, 5.41) is 3.18. The van der Waals surface area contributed by atoms with Crippen molar-refractivity contribution in [2.75, 3.05) is 43.5 Å². The molecule has 1 aliphatic rings. The molecule has 1 heterocycles. The van der Waals surface area contributed by atoms with E-state index in [1.807, 2.05) is 24.3 Å². The van der Waals surface area contributed by atoms with Crippen molar-refractivity contribution < 1.29 is 18.3 Å². The van der Waals surface area contributed by atoms with E-state index in [2.05, 4.69) is 15.0 Å². The van der Waals surface area contributed by atoms with Gasteiger partial charge in [0.15, 0.2) is 17.4 Å². The lowest BCUT2D eigenvalue weighted by molar-refractivity contribution is 0.208. The van der Waals surface area contributed by atoms with Gasteiger partial charge in [-0.25, -0.2) is 13.6 Å². The summed E-state index contributed by atoms with van der Waals surface area (Å²) in [6.07, 6.45) is 0. The second-order valence-electron chi connectivity index (χ2n) is 5.86. The van der Waals surface area contributed by atoms with Gasteiger partial charge in [0.1, 0.15) is 0 Å². The topological polar surface area (TPSA) is 44.8 Å². The molecule has 0 spiro atoms. The maximum atomic E-state index is 13.7. The van der Waals surface area contributed by atoms with Crippen LogP contribution in [0.2, 0.25) is 5.02 Å². The Morgan fingerprint density at radius 3 is 2.35 bits per heavy atom. The normalized spacial score (nSPS) is 14.3. The van der Waals surface area contributed by atoms with E-state index in [9.17, 15) is 13.6 Å². The van der Waals surface area contributed by atoms with E-state index in [1.54, 1.807) is 4.90 Å². The molecule has 5 nitrogen and oxygen atoms in total. The number of nitrogens with zero attached hydrogens (tertiary/aromatic N) is 2. The summed E-state index contributed by atoms with van der Waals surface area (Å²) in [5.74, 6) is -2.21. The number of hydrogen-bond acceptors (Lipinski definition) is 3. The SMILES string of the molecule is COc1c(F)cc(NC(=O)N2CCN(c3cccc(Cl)c3)CC2)cc1F. The maximum Gasteiger partial charge on any atom is 0.321 e. The van der Waals surface area contributed by atoms with Crippen LogP contribution in [0.1, 0.15) is 0 Å². The van der Waals surface area contributed by atoms with Crippen LogP contribution >= 0.6 is 11.6 Å². The smallest absolute Gasteiger partial charge is 0.321 e. The van der Waals surface area contributed by atoms with Gasteiger partial charge in [-0.3, -0.25) is 0 Å². The molecule has 0 aliphatic carbocycles. The zero-order valence-corrected chi connectivity index (χ0v) is 14.9. The minimum absolute atomic E-state index is 0.0445. The molecule has 1 aliphatic heterocycles. The number of methoxy groups -OCH3 is 1. The highest BCUT2D eigenvalue weighted by molar-refractivity contribution is 6.30. The molecule has 26 heavy (non-hydrogen) atoms. The minimum atomic E-state index is -0.867. The van der Waals surface area contributed by atoms with Gasteiger partial charge >= 0.3 is 6.03 Å². The Morgan fingerprint density at radius 1 is 1.12 bits per heavy atom. The monoisotopic (exact) mass is 381 g/mol. The first kappa shape index (κ1) is 18.3. The molecular weight excluding hydrogens is 364 g/mol. The number of halogens is 3. The fraction of sp³-hybridized carbons (Fsp3) is 0.278. The Morgan fingerprint density at radius 2 is 1.77 bits per heavy atom. The first-order valence-corrected chi connectivity index (χ1v) is 8.45. The van der Waals surface area contributed by atoms with E-state index in [0.717, 1.165) is 17.8 Å². The standard InChI is InChI=1S/C18H18ClF2N3O2/c1-26-17-15(20)10-13(11-16(17)21)22-18(25)24-7-5-23(6-8-24)14-4-2-3-12(19)9-14/h2-4,9-11H,5-8H2,1H3,(H,22,25). The van der Waals surface area contributed by atoms with Gasteiger partial charge in [-0.2, -0.15) is 0 Å². The van der Waals surface area contributed by atoms with E-state index < -0.39 is 23.4 Å². The number of ether oxygens (including phenoxy) is 1. The number of nitrogens with one attached hydrogen (secondary N) is 1. The van der Waals surface area contributed by atoms with Crippen molar-refractivity contribution in [3.63, 3.8) is 0 Å². The molecule has 0 radical (unpaired) electrons. The highest BCUT2D eigenvalue weighted by Gasteiger charge is 2.22. The summed E-state index contributed by atoms with van der Waals surface area (Å²) >= 11 is 6.01. The molecule has 0 unspecified atom stereocenters.